The fourth-order valence-electron chi connectivity index (χ4n) is 2.38. The van der Waals surface area contributed by atoms with Gasteiger partial charge in [-0.15, -0.1) is 0 Å². The van der Waals surface area contributed by atoms with Gasteiger partial charge in [0.05, 0.1) is 15.6 Å². The summed E-state index contributed by atoms with van der Waals surface area (Å²) in [7, 11) is -2.09. The highest BCUT2D eigenvalue weighted by molar-refractivity contribution is 7.92. The molecule has 0 heterocycles. The summed E-state index contributed by atoms with van der Waals surface area (Å²) in [6, 6.07) is 12.9. The van der Waals surface area contributed by atoms with Gasteiger partial charge in [0, 0.05) is 18.7 Å². The molecule has 126 valence electrons. The molecule has 24 heavy (non-hydrogen) atoms. The van der Waals surface area contributed by atoms with Crippen molar-refractivity contribution < 1.29 is 13.2 Å². The molecule has 2 aromatic carbocycles. The Morgan fingerprint density at radius 3 is 2.54 bits per heavy atom. The predicted molar refractivity (Wildman–Crippen MR) is 93.8 cm³/mol. The summed E-state index contributed by atoms with van der Waals surface area (Å²) in [4.78, 5) is 14.1. The highest BCUT2D eigenvalue weighted by atomic mass is 35.5. The van der Waals surface area contributed by atoms with E-state index in [1.165, 1.54) is 12.1 Å². The Morgan fingerprint density at radius 1 is 1.17 bits per heavy atom. The smallest absolute Gasteiger partial charge is 0.261 e. The van der Waals surface area contributed by atoms with Gasteiger partial charge in [-0.2, -0.15) is 0 Å². The molecule has 0 spiro atoms. The SMILES string of the molecule is CN(C(=O)c1cccc(S(=O)(=O)Nc2ccccc2Cl)c1)C1CC1. The highest BCUT2D eigenvalue weighted by Gasteiger charge is 2.30. The summed E-state index contributed by atoms with van der Waals surface area (Å²) in [6.07, 6.45) is 1.99. The first-order valence-corrected chi connectivity index (χ1v) is 9.39. The van der Waals surface area contributed by atoms with Gasteiger partial charge in [-0.25, -0.2) is 8.42 Å². The first-order chi connectivity index (χ1) is 11.4. The second-order valence-corrected chi connectivity index (χ2v) is 7.85. The fraction of sp³-hybridized carbons (Fsp3) is 0.235. The molecule has 1 amide bonds. The van der Waals surface area contributed by atoms with E-state index in [1.54, 1.807) is 48.3 Å². The van der Waals surface area contributed by atoms with Crippen molar-refractivity contribution in [2.24, 2.45) is 0 Å². The van der Waals surface area contributed by atoms with E-state index in [1.807, 2.05) is 0 Å². The van der Waals surface area contributed by atoms with Crippen molar-refractivity contribution in [2.75, 3.05) is 11.8 Å². The lowest BCUT2D eigenvalue weighted by molar-refractivity contribution is 0.0785. The Labute approximate surface area is 146 Å². The van der Waals surface area contributed by atoms with Crippen molar-refractivity contribution in [2.45, 2.75) is 23.8 Å². The largest absolute Gasteiger partial charge is 0.339 e. The highest BCUT2D eigenvalue weighted by Crippen LogP contribution is 2.28. The van der Waals surface area contributed by atoms with Crippen LogP contribution in [-0.4, -0.2) is 32.3 Å². The normalized spacial score (nSPS) is 14.2. The maximum Gasteiger partial charge on any atom is 0.261 e. The van der Waals surface area contributed by atoms with E-state index in [4.69, 9.17) is 11.6 Å². The van der Waals surface area contributed by atoms with Crippen LogP contribution in [0, 0.1) is 0 Å². The third-order valence-electron chi connectivity index (χ3n) is 3.92. The summed E-state index contributed by atoms with van der Waals surface area (Å²) in [5.41, 5.74) is 0.650. The minimum atomic E-state index is -3.83. The maximum absolute atomic E-state index is 12.6. The number of amides is 1. The first-order valence-electron chi connectivity index (χ1n) is 7.53. The third kappa shape index (κ3) is 3.55. The van der Waals surface area contributed by atoms with Gasteiger partial charge >= 0.3 is 0 Å². The van der Waals surface area contributed by atoms with Crippen molar-refractivity contribution in [3.63, 3.8) is 0 Å². The molecule has 0 atom stereocenters. The second-order valence-electron chi connectivity index (χ2n) is 5.76. The number of hydrogen-bond acceptors (Lipinski definition) is 3. The number of carbonyl (C=O) groups is 1. The van der Waals surface area contributed by atoms with E-state index in [9.17, 15) is 13.2 Å². The molecule has 0 aliphatic heterocycles. The molecule has 7 heteroatoms. The van der Waals surface area contributed by atoms with Gasteiger partial charge in [0.15, 0.2) is 0 Å². The fourth-order valence-corrected chi connectivity index (χ4v) is 3.74. The Balaban J connectivity index is 1.87. The van der Waals surface area contributed by atoms with Crippen LogP contribution in [0.2, 0.25) is 5.02 Å². The van der Waals surface area contributed by atoms with Crippen molar-refractivity contribution in [1.29, 1.82) is 0 Å². The zero-order chi connectivity index (χ0) is 17.3. The summed E-state index contributed by atoms with van der Waals surface area (Å²) in [5.74, 6) is -0.174. The number of benzene rings is 2. The molecule has 2 aromatic rings. The Kier molecular flexibility index (Phi) is 4.51. The van der Waals surface area contributed by atoms with Crippen LogP contribution in [0.15, 0.2) is 53.4 Å². The summed E-state index contributed by atoms with van der Waals surface area (Å²) < 4.78 is 27.5. The standard InChI is InChI=1S/C17H17ClN2O3S/c1-20(13-9-10-13)17(21)12-5-4-6-14(11-12)24(22,23)19-16-8-3-2-7-15(16)18/h2-8,11,13,19H,9-10H2,1H3. The van der Waals surface area contributed by atoms with Crippen molar-refractivity contribution >= 4 is 33.2 Å². The van der Waals surface area contributed by atoms with E-state index in [-0.39, 0.29) is 16.8 Å². The van der Waals surface area contributed by atoms with Crippen molar-refractivity contribution in [3.8, 4) is 0 Å². The molecule has 0 saturated heterocycles. The van der Waals surface area contributed by atoms with Gasteiger partial charge in [-0.3, -0.25) is 9.52 Å². The molecule has 5 nitrogen and oxygen atoms in total. The zero-order valence-electron chi connectivity index (χ0n) is 13.1. The van der Waals surface area contributed by atoms with Crippen LogP contribution in [0.4, 0.5) is 5.69 Å². The van der Waals surface area contributed by atoms with Crippen molar-refractivity contribution in [3.05, 3.63) is 59.1 Å². The summed E-state index contributed by atoms with van der Waals surface area (Å²) in [6.45, 7) is 0. The first kappa shape index (κ1) is 16.8. The average Bonchev–Trinajstić information content (AvgIpc) is 3.40. The number of rotatable bonds is 5. The van der Waals surface area contributed by atoms with Crippen LogP contribution < -0.4 is 4.72 Å². The number of sulfonamides is 1. The quantitative estimate of drug-likeness (QED) is 0.884. The molecular formula is C17H17ClN2O3S. The molecule has 1 N–H and O–H groups in total. The number of anilines is 1. The van der Waals surface area contributed by atoms with Crippen LogP contribution in [0.3, 0.4) is 0 Å². The van der Waals surface area contributed by atoms with E-state index in [0.29, 0.717) is 16.3 Å². The lowest BCUT2D eigenvalue weighted by Gasteiger charge is -2.17. The van der Waals surface area contributed by atoms with Crippen LogP contribution in [-0.2, 0) is 10.0 Å². The summed E-state index contributed by atoms with van der Waals surface area (Å²) >= 11 is 6.00. The molecule has 0 radical (unpaired) electrons. The van der Waals surface area contributed by atoms with Gasteiger partial charge < -0.3 is 4.90 Å². The van der Waals surface area contributed by atoms with Gasteiger partial charge in [0.1, 0.15) is 0 Å². The molecule has 1 fully saturated rings. The number of nitrogens with zero attached hydrogens (tertiary/aromatic N) is 1. The van der Waals surface area contributed by atoms with E-state index < -0.39 is 10.0 Å². The lowest BCUT2D eigenvalue weighted by Crippen LogP contribution is -2.28. The number of nitrogens with one attached hydrogen (secondary N) is 1. The van der Waals surface area contributed by atoms with Crippen molar-refractivity contribution in [1.82, 2.24) is 4.90 Å². The Hall–Kier alpha value is -2.05. The second kappa shape index (κ2) is 6.45. The third-order valence-corrected chi connectivity index (χ3v) is 5.62. The number of carbonyl (C=O) groups excluding carboxylic acids is 1. The molecule has 0 bridgehead atoms. The van der Waals surface area contributed by atoms with E-state index in [2.05, 4.69) is 4.72 Å². The van der Waals surface area contributed by atoms with Crippen LogP contribution in [0.5, 0.6) is 0 Å². The Morgan fingerprint density at radius 2 is 1.88 bits per heavy atom. The van der Waals surface area contributed by atoms with E-state index >= 15 is 0 Å². The van der Waals surface area contributed by atoms with Gasteiger partial charge in [0.25, 0.3) is 15.9 Å². The molecule has 1 aliphatic rings. The minimum absolute atomic E-state index is 0.0254. The van der Waals surface area contributed by atoms with Gasteiger partial charge in [-0.1, -0.05) is 29.8 Å². The minimum Gasteiger partial charge on any atom is -0.339 e. The predicted octanol–water partition coefficient (Wildman–Crippen LogP) is 3.38. The summed E-state index contributed by atoms with van der Waals surface area (Å²) in [5, 5.41) is 0.307. The monoisotopic (exact) mass is 364 g/mol. The van der Waals surface area contributed by atoms with Crippen LogP contribution in [0.25, 0.3) is 0 Å². The number of halogens is 1. The van der Waals surface area contributed by atoms with Crippen LogP contribution in [0.1, 0.15) is 23.2 Å². The topological polar surface area (TPSA) is 66.5 Å². The molecular weight excluding hydrogens is 348 g/mol. The maximum atomic E-state index is 12.6. The molecule has 0 aromatic heterocycles. The Bertz CT molecular complexity index is 879. The molecule has 1 aliphatic carbocycles. The molecule has 0 unspecified atom stereocenters. The average molecular weight is 365 g/mol. The van der Waals surface area contributed by atoms with E-state index in [0.717, 1.165) is 12.8 Å². The van der Waals surface area contributed by atoms with Crippen LogP contribution >= 0.6 is 11.6 Å². The molecule has 3 rings (SSSR count). The molecule has 1 saturated carbocycles. The number of hydrogen-bond donors (Lipinski definition) is 1. The van der Waals surface area contributed by atoms with Gasteiger partial charge in [-0.05, 0) is 43.2 Å². The zero-order valence-corrected chi connectivity index (χ0v) is 14.6. The number of para-hydroxylation sites is 1. The van der Waals surface area contributed by atoms with Gasteiger partial charge in [0.2, 0.25) is 0 Å². The lowest BCUT2D eigenvalue weighted by atomic mass is 10.2.